The van der Waals surface area contributed by atoms with E-state index in [0.717, 1.165) is 0 Å². The molecule has 0 bridgehead atoms. The van der Waals surface area contributed by atoms with Crippen LogP contribution in [0.5, 0.6) is 0 Å². The number of esters is 1. The monoisotopic (exact) mass is 120 g/mol. The van der Waals surface area contributed by atoms with Gasteiger partial charge < -0.3 is 4.74 Å². The number of carbonyl (C=O) groups excluding carboxylic acids is 1. The number of carbonyl (C=O) groups is 1. The Morgan fingerprint density at radius 3 is 2.71 bits per heavy atom. The molecule has 1 saturated heterocycles. The van der Waals surface area contributed by atoms with Crippen molar-refractivity contribution in [1.29, 1.82) is 0 Å². The molecule has 1 aliphatic heterocycles. The van der Waals surface area contributed by atoms with E-state index in [4.69, 9.17) is 11.6 Å². The first-order chi connectivity index (χ1) is 3.29. The summed E-state index contributed by atoms with van der Waals surface area (Å²) in [6.07, 6.45) is 1.15. The van der Waals surface area contributed by atoms with Crippen LogP contribution in [-0.2, 0) is 9.53 Å². The molecule has 0 unspecified atom stereocenters. The van der Waals surface area contributed by atoms with Crippen LogP contribution in [0.2, 0.25) is 0 Å². The maximum absolute atomic E-state index is 10.1. The third-order valence-corrected chi connectivity index (χ3v) is 1.14. The Hall–Kier alpha value is -0.240. The Morgan fingerprint density at radius 2 is 2.57 bits per heavy atom. The van der Waals surface area contributed by atoms with Crippen molar-refractivity contribution in [2.24, 2.45) is 0 Å². The smallest absolute Gasteiger partial charge is 0.307 e. The molecule has 7 heavy (non-hydrogen) atoms. The van der Waals surface area contributed by atoms with Crippen LogP contribution in [0.4, 0.5) is 0 Å². The van der Waals surface area contributed by atoms with Crippen LogP contribution >= 0.6 is 11.6 Å². The molecule has 40 valence electrons. The van der Waals surface area contributed by atoms with E-state index < -0.39 is 0 Å². The van der Waals surface area contributed by atoms with Crippen molar-refractivity contribution in [3.63, 3.8) is 0 Å². The Balaban J connectivity index is 2.40. The number of rotatable bonds is 0. The summed E-state index contributed by atoms with van der Waals surface area (Å²) in [5, 5.41) is 0. The van der Waals surface area contributed by atoms with Crippen LogP contribution in [0.25, 0.3) is 0 Å². The van der Waals surface area contributed by atoms with Crippen LogP contribution in [0.1, 0.15) is 12.8 Å². The highest BCUT2D eigenvalue weighted by Crippen LogP contribution is 2.15. The SMILES string of the molecule is O=C1CC[C@H](Cl)O1. The fourth-order valence-corrected chi connectivity index (χ4v) is 0.700. The predicted molar refractivity (Wildman–Crippen MR) is 25.0 cm³/mol. The van der Waals surface area contributed by atoms with E-state index in [0.29, 0.717) is 12.8 Å². The highest BCUT2D eigenvalue weighted by atomic mass is 35.5. The van der Waals surface area contributed by atoms with E-state index >= 15 is 0 Å². The van der Waals surface area contributed by atoms with Gasteiger partial charge in [0, 0.05) is 6.42 Å². The van der Waals surface area contributed by atoms with Crippen molar-refractivity contribution in [2.75, 3.05) is 0 Å². The molecule has 0 amide bonds. The molecular formula is C4H5ClO2. The highest BCUT2D eigenvalue weighted by molar-refractivity contribution is 6.20. The third kappa shape index (κ3) is 1.06. The number of hydrogen-bond acceptors (Lipinski definition) is 2. The van der Waals surface area contributed by atoms with Crippen LogP contribution in [0.3, 0.4) is 0 Å². The van der Waals surface area contributed by atoms with Gasteiger partial charge in [0.05, 0.1) is 6.42 Å². The van der Waals surface area contributed by atoms with Crippen LogP contribution in [-0.4, -0.2) is 11.5 Å². The summed E-state index contributed by atoms with van der Waals surface area (Å²) >= 11 is 5.36. The van der Waals surface area contributed by atoms with Gasteiger partial charge in [-0.2, -0.15) is 0 Å². The lowest BCUT2D eigenvalue weighted by Gasteiger charge is -1.92. The molecule has 0 aromatic rings. The lowest BCUT2D eigenvalue weighted by molar-refractivity contribution is -0.139. The summed E-state index contributed by atoms with van der Waals surface area (Å²) < 4.78 is 4.49. The zero-order valence-electron chi connectivity index (χ0n) is 3.69. The van der Waals surface area contributed by atoms with Crippen molar-refractivity contribution in [1.82, 2.24) is 0 Å². The summed E-state index contributed by atoms with van der Waals surface area (Å²) in [7, 11) is 0. The van der Waals surface area contributed by atoms with Gasteiger partial charge in [-0.05, 0) is 0 Å². The van der Waals surface area contributed by atoms with Crippen LogP contribution < -0.4 is 0 Å². The molecule has 1 heterocycles. The van der Waals surface area contributed by atoms with Gasteiger partial charge in [0.25, 0.3) is 0 Å². The highest BCUT2D eigenvalue weighted by Gasteiger charge is 2.19. The molecule has 0 aliphatic carbocycles. The van der Waals surface area contributed by atoms with E-state index in [9.17, 15) is 4.79 Å². The second-order valence-electron chi connectivity index (χ2n) is 1.44. The third-order valence-electron chi connectivity index (χ3n) is 0.835. The minimum Gasteiger partial charge on any atom is -0.446 e. The summed E-state index contributed by atoms with van der Waals surface area (Å²) in [6.45, 7) is 0. The fourth-order valence-electron chi connectivity index (χ4n) is 0.492. The van der Waals surface area contributed by atoms with Gasteiger partial charge in [-0.25, -0.2) is 0 Å². The minimum atomic E-state index is -0.354. The molecule has 2 nitrogen and oxygen atoms in total. The lowest BCUT2D eigenvalue weighted by Crippen LogP contribution is -1.95. The van der Waals surface area contributed by atoms with E-state index in [1.807, 2.05) is 0 Å². The molecule has 1 atom stereocenters. The topological polar surface area (TPSA) is 26.3 Å². The Kier molecular flexibility index (Phi) is 1.19. The molecule has 3 heteroatoms. The first-order valence-corrected chi connectivity index (χ1v) is 2.56. The molecule has 1 rings (SSSR count). The number of halogens is 1. The molecule has 0 radical (unpaired) electrons. The number of cyclic esters (lactones) is 1. The first kappa shape index (κ1) is 4.91. The number of alkyl halides is 1. The fraction of sp³-hybridized carbons (Fsp3) is 0.750. The normalized spacial score (nSPS) is 30.4. The van der Waals surface area contributed by atoms with Crippen LogP contribution in [0.15, 0.2) is 0 Å². The second-order valence-corrected chi connectivity index (χ2v) is 1.93. The van der Waals surface area contributed by atoms with E-state index in [1.54, 1.807) is 0 Å². The van der Waals surface area contributed by atoms with Crippen molar-refractivity contribution < 1.29 is 9.53 Å². The summed E-state index contributed by atoms with van der Waals surface area (Å²) in [4.78, 5) is 10.1. The molecule has 0 saturated carbocycles. The molecule has 0 N–H and O–H groups in total. The maximum atomic E-state index is 10.1. The van der Waals surface area contributed by atoms with Gasteiger partial charge in [0.1, 0.15) is 0 Å². The Bertz CT molecular complexity index is 91.7. The average Bonchev–Trinajstić information content (AvgIpc) is 1.87. The molecule has 1 fully saturated rings. The standard InChI is InChI=1S/C4H5ClO2/c5-3-1-2-4(6)7-3/h3H,1-2H2/t3-/m1/s1. The quantitative estimate of drug-likeness (QED) is 0.351. The molecular weight excluding hydrogens is 115 g/mol. The van der Waals surface area contributed by atoms with Crippen molar-refractivity contribution in [2.45, 2.75) is 18.4 Å². The largest absolute Gasteiger partial charge is 0.446 e. The minimum absolute atomic E-state index is 0.181. The van der Waals surface area contributed by atoms with Gasteiger partial charge in [-0.15, -0.1) is 0 Å². The van der Waals surface area contributed by atoms with Crippen LogP contribution in [0, 0.1) is 0 Å². The number of ether oxygens (including phenoxy) is 1. The molecule has 0 spiro atoms. The summed E-state index contributed by atoms with van der Waals surface area (Å²) in [5.74, 6) is -0.181. The second kappa shape index (κ2) is 1.70. The van der Waals surface area contributed by atoms with Crippen molar-refractivity contribution >= 4 is 17.6 Å². The Morgan fingerprint density at radius 1 is 1.86 bits per heavy atom. The molecule has 1 aliphatic rings. The summed E-state index contributed by atoms with van der Waals surface area (Å²) in [6, 6.07) is 0. The van der Waals surface area contributed by atoms with E-state index in [1.165, 1.54) is 0 Å². The molecule has 0 aromatic carbocycles. The van der Waals surface area contributed by atoms with Gasteiger partial charge in [-0.1, -0.05) is 11.6 Å². The lowest BCUT2D eigenvalue weighted by atomic mass is 10.4. The van der Waals surface area contributed by atoms with Gasteiger partial charge >= 0.3 is 5.97 Å². The molecule has 0 aromatic heterocycles. The number of hydrogen-bond donors (Lipinski definition) is 0. The zero-order valence-corrected chi connectivity index (χ0v) is 4.44. The maximum Gasteiger partial charge on any atom is 0.307 e. The first-order valence-electron chi connectivity index (χ1n) is 2.12. The predicted octanol–water partition coefficient (Wildman–Crippen LogP) is 0.888. The van der Waals surface area contributed by atoms with Gasteiger partial charge in [0.2, 0.25) is 0 Å². The van der Waals surface area contributed by atoms with E-state index in [-0.39, 0.29) is 11.5 Å². The van der Waals surface area contributed by atoms with E-state index in [2.05, 4.69) is 4.74 Å². The van der Waals surface area contributed by atoms with Gasteiger partial charge in [-0.3, -0.25) is 4.79 Å². The summed E-state index contributed by atoms with van der Waals surface area (Å²) in [5.41, 5.74) is -0.354. The Labute approximate surface area is 46.4 Å². The van der Waals surface area contributed by atoms with Gasteiger partial charge in [0.15, 0.2) is 5.56 Å². The van der Waals surface area contributed by atoms with Crippen molar-refractivity contribution in [3.8, 4) is 0 Å². The zero-order chi connectivity index (χ0) is 5.28. The van der Waals surface area contributed by atoms with Crippen molar-refractivity contribution in [3.05, 3.63) is 0 Å². The average molecular weight is 121 g/mol.